The Morgan fingerprint density at radius 1 is 0.731 bits per heavy atom. The largest absolute Gasteiger partial charge is 0.493 e. The van der Waals surface area contributed by atoms with Crippen LogP contribution in [0.4, 0.5) is 11.4 Å². The first-order valence-electron chi connectivity index (χ1n) is 23.4. The molecule has 67 heavy (non-hydrogen) atoms. The van der Waals surface area contributed by atoms with Crippen LogP contribution in [0.2, 0.25) is 0 Å². The Balaban J connectivity index is 0.975. The van der Waals surface area contributed by atoms with E-state index in [0.717, 1.165) is 81.5 Å². The zero-order valence-corrected chi connectivity index (χ0v) is 41.6. The number of hydrogen-bond donors (Lipinski definition) is 0. The molecule has 0 saturated carbocycles. The van der Waals surface area contributed by atoms with Gasteiger partial charge in [-0.2, -0.15) is 0 Å². The second kappa shape index (κ2) is 21.4. The lowest BCUT2D eigenvalue weighted by Crippen LogP contribution is -2.49. The van der Waals surface area contributed by atoms with Crippen molar-refractivity contribution in [2.75, 3.05) is 66.3 Å². The summed E-state index contributed by atoms with van der Waals surface area (Å²) in [6.45, 7) is 14.3. The molecule has 2 atom stereocenters. The fourth-order valence-electron chi connectivity index (χ4n) is 9.56. The minimum Gasteiger partial charge on any atom is -0.493 e. The summed E-state index contributed by atoms with van der Waals surface area (Å²) in [5, 5.41) is 0. The number of nitrogens with zero attached hydrogens (tertiary/aromatic N) is 6. The quantitative estimate of drug-likeness (QED) is 0.0956. The number of aliphatic imine (C=N–C) groups is 2. The molecule has 0 spiro atoms. The van der Waals surface area contributed by atoms with E-state index in [2.05, 4.69) is 55.4 Å². The number of piperazine rings is 1. The number of methoxy groups -OCH3 is 2. The summed E-state index contributed by atoms with van der Waals surface area (Å²) >= 11 is 0. The average Bonchev–Trinajstić information content (AvgIpc) is 3.91. The Morgan fingerprint density at radius 3 is 1.72 bits per heavy atom. The van der Waals surface area contributed by atoms with E-state index in [-0.39, 0.29) is 47.8 Å². The van der Waals surface area contributed by atoms with Crippen molar-refractivity contribution in [3.8, 4) is 23.0 Å². The summed E-state index contributed by atoms with van der Waals surface area (Å²) in [5.74, 6) is 2.04. The molecule has 356 valence electrons. The summed E-state index contributed by atoms with van der Waals surface area (Å²) in [5.41, 5.74) is 7.59. The number of benzene rings is 3. The number of fused-ring (bicyclic) bond motifs is 4. The second-order valence-electron chi connectivity index (χ2n) is 18.5. The SMILES string of the molecule is C/C=C1/C[C@H]2C=Nc3cc(OCc4cc(CCCN5CCN(C(=O)CCC(C)(C)SSC)CC5)cc(COc5cc6c(cc5OC)C(=O)N5C/C(=C/C)C[C@H]5C=N6)c4)c(OC)cc3C(=O)N2C1. The summed E-state index contributed by atoms with van der Waals surface area (Å²) in [4.78, 5) is 58.3. The number of rotatable bonds is 17. The number of aryl methyl sites for hydroxylation is 1. The Kier molecular flexibility index (Phi) is 15.4. The Bertz CT molecular complexity index is 2340. The van der Waals surface area contributed by atoms with Crippen molar-refractivity contribution in [2.24, 2.45) is 9.98 Å². The number of carbonyl (C=O) groups excluding carboxylic acids is 3. The number of allylic oxidation sites excluding steroid dienone is 2. The van der Waals surface area contributed by atoms with Crippen LogP contribution < -0.4 is 18.9 Å². The molecule has 0 aromatic heterocycles. The molecule has 5 aliphatic heterocycles. The predicted octanol–water partition coefficient (Wildman–Crippen LogP) is 9.26. The van der Waals surface area contributed by atoms with E-state index in [1.165, 1.54) is 11.1 Å². The van der Waals surface area contributed by atoms with E-state index < -0.39 is 0 Å². The van der Waals surface area contributed by atoms with Crippen molar-refractivity contribution in [3.05, 3.63) is 93.6 Å². The highest BCUT2D eigenvalue weighted by Gasteiger charge is 2.36. The van der Waals surface area contributed by atoms with Gasteiger partial charge >= 0.3 is 0 Å². The van der Waals surface area contributed by atoms with Gasteiger partial charge < -0.3 is 33.6 Å². The molecule has 0 N–H and O–H groups in total. The highest BCUT2D eigenvalue weighted by molar-refractivity contribution is 8.76. The smallest absolute Gasteiger partial charge is 0.257 e. The molecule has 5 aliphatic rings. The number of hydrogen-bond acceptors (Lipinski definition) is 12. The fraction of sp³-hybridized carbons (Fsp3) is 0.481. The van der Waals surface area contributed by atoms with Crippen LogP contribution in [0.25, 0.3) is 0 Å². The number of amides is 3. The maximum atomic E-state index is 13.7. The van der Waals surface area contributed by atoms with Gasteiger partial charge in [0.1, 0.15) is 13.2 Å². The topological polar surface area (TPSA) is 126 Å². The average molecular weight is 949 g/mol. The molecule has 15 heteroatoms. The first-order chi connectivity index (χ1) is 32.4. The van der Waals surface area contributed by atoms with Gasteiger partial charge in [0.25, 0.3) is 11.8 Å². The van der Waals surface area contributed by atoms with Gasteiger partial charge in [-0.25, -0.2) is 0 Å². The Labute approximate surface area is 403 Å². The van der Waals surface area contributed by atoms with E-state index in [0.29, 0.717) is 65.0 Å². The normalized spacial score (nSPS) is 20.4. The van der Waals surface area contributed by atoms with Gasteiger partial charge in [0.2, 0.25) is 5.91 Å². The van der Waals surface area contributed by atoms with Crippen molar-refractivity contribution in [2.45, 2.75) is 96.3 Å². The third-order valence-electron chi connectivity index (χ3n) is 13.4. The van der Waals surface area contributed by atoms with E-state index in [1.807, 2.05) is 51.8 Å². The minimum atomic E-state index is -0.0827. The van der Waals surface area contributed by atoms with Gasteiger partial charge in [0.05, 0.1) is 48.8 Å². The molecule has 0 radical (unpaired) electrons. The van der Waals surface area contributed by atoms with Crippen LogP contribution in [0.1, 0.15) is 97.2 Å². The minimum absolute atomic E-state index is 0.0692. The standard InChI is InChI=1S/C52H64N6O7S2/c1-8-34-22-39-28-53-43-26-47(45(62-5)24-41(43)50(60)57(39)30-34)64-32-37-19-36(11-10-14-55-15-17-56(18-16-55)49(59)12-13-52(3,4)67-66-7)20-38(21-37)33-65-48-27-44-42(25-46(48)63-6)51(61)58-31-35(9-2)23-40(58)29-54-44/h8-9,19-21,24-29,39-40H,10-18,22-23,30-33H2,1-7H3/b34-8-,35-9+/t39-,40-/m0/s1. The predicted molar refractivity (Wildman–Crippen MR) is 270 cm³/mol. The molecule has 0 bridgehead atoms. The number of carbonyl (C=O) groups is 3. The maximum Gasteiger partial charge on any atom is 0.257 e. The number of ether oxygens (including phenoxy) is 4. The van der Waals surface area contributed by atoms with E-state index in [1.54, 1.807) is 49.3 Å². The molecule has 8 rings (SSSR count). The van der Waals surface area contributed by atoms with E-state index >= 15 is 0 Å². The van der Waals surface area contributed by atoms with Crippen LogP contribution in [0.15, 0.2) is 75.7 Å². The molecule has 3 saturated heterocycles. The van der Waals surface area contributed by atoms with Crippen LogP contribution in [-0.2, 0) is 24.4 Å². The van der Waals surface area contributed by atoms with E-state index in [9.17, 15) is 14.4 Å². The van der Waals surface area contributed by atoms with Gasteiger partial charge in [0, 0.05) is 75.0 Å². The zero-order chi connectivity index (χ0) is 47.2. The van der Waals surface area contributed by atoms with Crippen molar-refractivity contribution in [1.82, 2.24) is 19.6 Å². The Morgan fingerprint density at radius 2 is 1.24 bits per heavy atom. The molecule has 3 aromatic carbocycles. The lowest BCUT2D eigenvalue weighted by molar-refractivity contribution is -0.133. The van der Waals surface area contributed by atoms with Crippen LogP contribution >= 0.6 is 21.6 Å². The molecule has 3 amide bonds. The van der Waals surface area contributed by atoms with Crippen LogP contribution in [0.3, 0.4) is 0 Å². The first-order valence-corrected chi connectivity index (χ1v) is 26.0. The van der Waals surface area contributed by atoms with Crippen molar-refractivity contribution < 1.29 is 33.3 Å². The lowest BCUT2D eigenvalue weighted by atomic mass is 10.0. The summed E-state index contributed by atoms with van der Waals surface area (Å²) in [6.07, 6.45) is 14.8. The first kappa shape index (κ1) is 48.2. The summed E-state index contributed by atoms with van der Waals surface area (Å²) in [7, 11) is 6.75. The van der Waals surface area contributed by atoms with E-state index in [4.69, 9.17) is 28.9 Å². The lowest BCUT2D eigenvalue weighted by Gasteiger charge is -2.35. The van der Waals surface area contributed by atoms with Gasteiger partial charge in [-0.1, -0.05) is 57.0 Å². The highest BCUT2D eigenvalue weighted by Crippen LogP contribution is 2.41. The van der Waals surface area contributed by atoms with Crippen LogP contribution in [0.5, 0.6) is 23.0 Å². The molecule has 3 aromatic rings. The molecular formula is C52H64N6O7S2. The maximum absolute atomic E-state index is 13.7. The third-order valence-corrected chi connectivity index (χ3v) is 16.1. The van der Waals surface area contributed by atoms with Crippen molar-refractivity contribution in [1.29, 1.82) is 0 Å². The zero-order valence-electron chi connectivity index (χ0n) is 40.0. The molecular weight excluding hydrogens is 885 g/mol. The molecule has 0 unspecified atom stereocenters. The highest BCUT2D eigenvalue weighted by atomic mass is 33.1. The van der Waals surface area contributed by atoms with Gasteiger partial charge in [-0.05, 0) is 107 Å². The van der Waals surface area contributed by atoms with Crippen molar-refractivity contribution >= 4 is 63.1 Å². The van der Waals surface area contributed by atoms with Crippen LogP contribution in [0, 0.1) is 0 Å². The van der Waals surface area contributed by atoms with Gasteiger partial charge in [-0.15, -0.1) is 0 Å². The summed E-state index contributed by atoms with van der Waals surface area (Å²) < 4.78 is 24.7. The summed E-state index contributed by atoms with van der Waals surface area (Å²) in [6, 6.07) is 13.4. The van der Waals surface area contributed by atoms with Crippen LogP contribution in [-0.4, -0.2) is 133 Å². The van der Waals surface area contributed by atoms with Gasteiger partial charge in [-0.3, -0.25) is 29.3 Å². The molecule has 13 nitrogen and oxygen atoms in total. The third kappa shape index (κ3) is 11.2. The molecule has 0 aliphatic carbocycles. The van der Waals surface area contributed by atoms with Gasteiger partial charge in [0.15, 0.2) is 23.0 Å². The molecule has 3 fully saturated rings. The Hall–Kier alpha value is -5.25. The monoisotopic (exact) mass is 948 g/mol. The second-order valence-corrected chi connectivity index (χ2v) is 21.6. The fourth-order valence-corrected chi connectivity index (χ4v) is 11.8. The molecule has 5 heterocycles. The van der Waals surface area contributed by atoms with Crippen molar-refractivity contribution in [3.63, 3.8) is 0 Å².